The molecule has 0 radical (unpaired) electrons. The molecular formula is C7H11NW. The summed E-state index contributed by atoms with van der Waals surface area (Å²) in [5.41, 5.74) is 0.791. The van der Waals surface area contributed by atoms with Gasteiger partial charge in [-0.1, -0.05) is 0 Å². The first-order valence-electron chi connectivity index (χ1n) is 3.58. The monoisotopic (exact) mass is 293 g/mol. The van der Waals surface area contributed by atoms with E-state index in [-0.39, 0.29) is 0 Å². The minimum absolute atomic E-state index is 0.791. The normalized spacial score (nSPS) is 30.9. The Kier molecular flexibility index (Phi) is 1.39. The molecule has 50 valence electrons. The molecule has 2 heteroatoms. The second-order valence-electron chi connectivity index (χ2n) is 3.28. The predicted octanol–water partition coefficient (Wildman–Crippen LogP) is 0.827. The number of hydrogen-bond acceptors (Lipinski definition) is 1. The Morgan fingerprint density at radius 2 is 2.11 bits per heavy atom. The van der Waals surface area contributed by atoms with Crippen LogP contribution in [0, 0.1) is 5.41 Å². The van der Waals surface area contributed by atoms with Crippen molar-refractivity contribution in [2.45, 2.75) is 25.7 Å². The van der Waals surface area contributed by atoms with Gasteiger partial charge < -0.3 is 0 Å². The number of rotatable bonds is 0. The molecule has 1 saturated carbocycles. The van der Waals surface area contributed by atoms with Crippen molar-refractivity contribution in [3.05, 3.63) is 0 Å². The van der Waals surface area contributed by atoms with Crippen LogP contribution in [0.1, 0.15) is 25.7 Å². The molecule has 1 aliphatic heterocycles. The average molecular weight is 293 g/mol. The van der Waals surface area contributed by atoms with Gasteiger partial charge in [-0.15, -0.1) is 0 Å². The first kappa shape index (κ1) is 6.24. The van der Waals surface area contributed by atoms with E-state index in [4.69, 9.17) is 0 Å². The van der Waals surface area contributed by atoms with Gasteiger partial charge in [0.1, 0.15) is 0 Å². The Balaban J connectivity index is 1.98. The molecule has 0 aromatic heterocycles. The second kappa shape index (κ2) is 2.00. The fourth-order valence-corrected chi connectivity index (χ4v) is 2.07. The van der Waals surface area contributed by atoms with Crippen LogP contribution in [0.4, 0.5) is 0 Å². The zero-order chi connectivity index (χ0) is 6.32. The molecule has 1 saturated heterocycles. The van der Waals surface area contributed by atoms with Gasteiger partial charge >= 0.3 is 66.3 Å². The summed E-state index contributed by atoms with van der Waals surface area (Å²) in [5.74, 6) is 0. The SMILES string of the molecule is [W]=[C]1CCC2(CC2)CN1. The van der Waals surface area contributed by atoms with E-state index in [0.717, 1.165) is 5.41 Å². The van der Waals surface area contributed by atoms with Crippen molar-refractivity contribution < 1.29 is 19.4 Å². The van der Waals surface area contributed by atoms with Crippen LogP contribution in [0.15, 0.2) is 0 Å². The maximum atomic E-state index is 3.49. The molecule has 2 fully saturated rings. The molecule has 0 bridgehead atoms. The number of nitrogens with one attached hydrogen (secondary N) is 1. The van der Waals surface area contributed by atoms with Crippen molar-refractivity contribution >= 4 is 4.02 Å². The summed E-state index contributed by atoms with van der Waals surface area (Å²) < 4.78 is 1.58. The molecule has 0 aromatic rings. The molecule has 1 spiro atoms. The van der Waals surface area contributed by atoms with Gasteiger partial charge in [-0.05, 0) is 0 Å². The summed E-state index contributed by atoms with van der Waals surface area (Å²) in [5, 5.41) is 3.49. The van der Waals surface area contributed by atoms with Crippen molar-refractivity contribution in [3.63, 3.8) is 0 Å². The predicted molar refractivity (Wildman–Crippen MR) is 33.9 cm³/mol. The topological polar surface area (TPSA) is 12.0 Å². The zero-order valence-electron chi connectivity index (χ0n) is 5.44. The molecule has 1 heterocycles. The first-order chi connectivity index (χ1) is 4.31. The van der Waals surface area contributed by atoms with E-state index >= 15 is 0 Å². The van der Waals surface area contributed by atoms with E-state index in [9.17, 15) is 0 Å². The molecule has 1 N–H and O–H groups in total. The number of hydrogen-bond donors (Lipinski definition) is 1. The van der Waals surface area contributed by atoms with Crippen LogP contribution in [0.3, 0.4) is 0 Å². The molecule has 1 nitrogen and oxygen atoms in total. The molecule has 0 aromatic carbocycles. The summed E-state index contributed by atoms with van der Waals surface area (Å²) in [4.78, 5) is 0. The molecule has 2 aliphatic rings. The van der Waals surface area contributed by atoms with Crippen LogP contribution < -0.4 is 5.32 Å². The van der Waals surface area contributed by atoms with E-state index in [1.165, 1.54) is 32.2 Å². The third-order valence-electron chi connectivity index (χ3n) is 2.50. The van der Waals surface area contributed by atoms with Gasteiger partial charge in [0.15, 0.2) is 0 Å². The van der Waals surface area contributed by atoms with E-state index in [1.54, 1.807) is 23.4 Å². The Hall–Kier alpha value is 0.518. The van der Waals surface area contributed by atoms with Crippen molar-refractivity contribution in [1.29, 1.82) is 0 Å². The van der Waals surface area contributed by atoms with Gasteiger partial charge in [-0.2, -0.15) is 0 Å². The summed E-state index contributed by atoms with van der Waals surface area (Å²) in [6.45, 7) is 1.28. The Bertz CT molecular complexity index is 137. The third-order valence-corrected chi connectivity index (χ3v) is 3.75. The van der Waals surface area contributed by atoms with Crippen molar-refractivity contribution in [2.75, 3.05) is 6.54 Å². The van der Waals surface area contributed by atoms with Crippen molar-refractivity contribution in [3.8, 4) is 0 Å². The van der Waals surface area contributed by atoms with E-state index in [1.807, 2.05) is 0 Å². The zero-order valence-corrected chi connectivity index (χ0v) is 8.38. The fourth-order valence-electron chi connectivity index (χ4n) is 1.45. The molecular weight excluding hydrogens is 282 g/mol. The molecule has 0 amide bonds. The van der Waals surface area contributed by atoms with Crippen LogP contribution in [0.2, 0.25) is 0 Å². The second-order valence-corrected chi connectivity index (χ2v) is 5.05. The van der Waals surface area contributed by atoms with Gasteiger partial charge in [0.2, 0.25) is 0 Å². The molecule has 9 heavy (non-hydrogen) atoms. The van der Waals surface area contributed by atoms with Crippen LogP contribution in [-0.4, -0.2) is 10.6 Å². The Morgan fingerprint density at radius 1 is 1.33 bits per heavy atom. The Labute approximate surface area is 66.6 Å². The van der Waals surface area contributed by atoms with Crippen LogP contribution >= 0.6 is 0 Å². The minimum atomic E-state index is 0.791. The number of piperidine rings is 1. The quantitative estimate of drug-likeness (QED) is 0.697. The van der Waals surface area contributed by atoms with Crippen LogP contribution in [0.5, 0.6) is 0 Å². The summed E-state index contributed by atoms with van der Waals surface area (Å²) in [6, 6.07) is 0. The van der Waals surface area contributed by atoms with Crippen molar-refractivity contribution in [2.24, 2.45) is 5.41 Å². The first-order valence-corrected chi connectivity index (χ1v) is 5.04. The van der Waals surface area contributed by atoms with Crippen LogP contribution in [-0.2, 0) is 19.4 Å². The van der Waals surface area contributed by atoms with Gasteiger partial charge in [0.25, 0.3) is 0 Å². The molecule has 2 rings (SSSR count). The summed E-state index contributed by atoms with van der Waals surface area (Å²) >= 11 is 1.64. The molecule has 0 atom stereocenters. The van der Waals surface area contributed by atoms with E-state index < -0.39 is 0 Å². The average Bonchev–Trinajstić information content (AvgIpc) is 2.60. The van der Waals surface area contributed by atoms with E-state index in [0.29, 0.717) is 0 Å². The third kappa shape index (κ3) is 1.18. The van der Waals surface area contributed by atoms with Crippen LogP contribution in [0.25, 0.3) is 0 Å². The molecule has 1 aliphatic carbocycles. The maximum absolute atomic E-state index is 3.49. The van der Waals surface area contributed by atoms with E-state index in [2.05, 4.69) is 5.32 Å². The Morgan fingerprint density at radius 3 is 2.56 bits per heavy atom. The van der Waals surface area contributed by atoms with Gasteiger partial charge in [0, 0.05) is 0 Å². The van der Waals surface area contributed by atoms with Gasteiger partial charge in [-0.3, -0.25) is 0 Å². The fraction of sp³-hybridized carbons (Fsp3) is 0.857. The molecule has 0 unspecified atom stereocenters. The summed E-state index contributed by atoms with van der Waals surface area (Å²) in [6.07, 6.45) is 5.80. The summed E-state index contributed by atoms with van der Waals surface area (Å²) in [7, 11) is 0. The standard InChI is InChI=1S/C7H11N.W/c1-2-7(3-4-7)6-8-5-1;/h8H,1-4,6H2;. The van der Waals surface area contributed by atoms with Crippen molar-refractivity contribution in [1.82, 2.24) is 5.32 Å². The van der Waals surface area contributed by atoms with Gasteiger partial charge in [-0.25, -0.2) is 0 Å². The van der Waals surface area contributed by atoms with Gasteiger partial charge in [0.05, 0.1) is 0 Å².